The molecule has 0 fully saturated rings. The summed E-state index contributed by atoms with van der Waals surface area (Å²) >= 11 is 0. The molecule has 0 saturated heterocycles. The van der Waals surface area contributed by atoms with Crippen LogP contribution in [0.5, 0.6) is 0 Å². The highest BCUT2D eigenvalue weighted by Gasteiger charge is 2.55. The topological polar surface area (TPSA) is 37.3 Å². The average molecular weight is 210 g/mol. The van der Waals surface area contributed by atoms with Crippen molar-refractivity contribution in [2.24, 2.45) is 16.2 Å². The van der Waals surface area contributed by atoms with E-state index in [0.717, 1.165) is 0 Å². The van der Waals surface area contributed by atoms with Crippen molar-refractivity contribution in [3.63, 3.8) is 0 Å². The first-order valence-corrected chi connectivity index (χ1v) is 5.18. The van der Waals surface area contributed by atoms with Crippen molar-refractivity contribution < 1.29 is 9.90 Å². The number of carboxylic acids is 1. The van der Waals surface area contributed by atoms with Crippen molar-refractivity contribution in [1.82, 2.24) is 0 Å². The molecular formula is C13H22O2. The molecule has 0 spiro atoms. The minimum atomic E-state index is -1.02. The van der Waals surface area contributed by atoms with E-state index in [1.807, 2.05) is 41.5 Å². The van der Waals surface area contributed by atoms with Crippen molar-refractivity contribution in [1.29, 1.82) is 0 Å². The highest BCUT2D eigenvalue weighted by Crippen LogP contribution is 2.51. The first-order valence-electron chi connectivity index (χ1n) is 5.18. The molecule has 0 aromatic rings. The Labute approximate surface area is 93.1 Å². The van der Waals surface area contributed by atoms with Crippen molar-refractivity contribution in [2.45, 2.75) is 48.5 Å². The highest BCUT2D eigenvalue weighted by molar-refractivity contribution is 5.81. The van der Waals surface area contributed by atoms with Gasteiger partial charge in [-0.05, 0) is 17.8 Å². The second-order valence-electron chi connectivity index (χ2n) is 5.93. The number of hydrogen-bond acceptors (Lipinski definition) is 1. The highest BCUT2D eigenvalue weighted by atomic mass is 16.4. The van der Waals surface area contributed by atoms with Crippen LogP contribution in [0.1, 0.15) is 48.5 Å². The van der Waals surface area contributed by atoms with E-state index in [9.17, 15) is 9.90 Å². The molecule has 0 amide bonds. The Bertz CT molecular complexity index is 288. The van der Waals surface area contributed by atoms with E-state index >= 15 is 0 Å². The summed E-state index contributed by atoms with van der Waals surface area (Å²) in [4.78, 5) is 11.6. The molecule has 0 bridgehead atoms. The molecule has 0 radical (unpaired) electrons. The molecule has 0 unspecified atom stereocenters. The van der Waals surface area contributed by atoms with Gasteiger partial charge in [-0.25, -0.2) is 0 Å². The standard InChI is InChI=1S/C13H22O2/c1-8-9-13(10(14)15,11(2,3)4)12(5,6)7/h1-7H3,(H,14,15). The molecule has 0 aliphatic rings. The Balaban J connectivity index is 5.92. The maximum Gasteiger partial charge on any atom is 0.322 e. The van der Waals surface area contributed by atoms with E-state index in [2.05, 4.69) is 11.8 Å². The summed E-state index contributed by atoms with van der Waals surface area (Å²) in [7, 11) is 0. The average Bonchev–Trinajstić information content (AvgIpc) is 1.93. The number of carboxylic acid groups (broad SMARTS) is 1. The van der Waals surface area contributed by atoms with Crippen LogP contribution in [0.4, 0.5) is 0 Å². The summed E-state index contributed by atoms with van der Waals surface area (Å²) in [5.74, 6) is 4.86. The summed E-state index contributed by atoms with van der Waals surface area (Å²) in [6, 6.07) is 0. The quantitative estimate of drug-likeness (QED) is 0.675. The summed E-state index contributed by atoms with van der Waals surface area (Å²) in [5.41, 5.74) is -1.82. The van der Waals surface area contributed by atoms with Gasteiger partial charge in [-0.1, -0.05) is 47.5 Å². The van der Waals surface area contributed by atoms with Gasteiger partial charge >= 0.3 is 5.97 Å². The Kier molecular flexibility index (Phi) is 3.63. The van der Waals surface area contributed by atoms with Gasteiger partial charge in [-0.2, -0.15) is 0 Å². The lowest BCUT2D eigenvalue weighted by Gasteiger charge is -2.46. The lowest BCUT2D eigenvalue weighted by Crippen LogP contribution is -2.51. The molecule has 0 saturated carbocycles. The zero-order valence-electron chi connectivity index (χ0n) is 10.9. The monoisotopic (exact) mass is 210 g/mol. The molecule has 2 nitrogen and oxygen atoms in total. The Morgan fingerprint density at radius 1 is 1.00 bits per heavy atom. The van der Waals surface area contributed by atoms with Crippen LogP contribution in [0.25, 0.3) is 0 Å². The Morgan fingerprint density at radius 2 is 1.33 bits per heavy atom. The fourth-order valence-electron chi connectivity index (χ4n) is 2.38. The molecule has 1 N–H and O–H groups in total. The first-order chi connectivity index (χ1) is 6.50. The van der Waals surface area contributed by atoms with E-state index < -0.39 is 22.2 Å². The molecule has 0 aromatic carbocycles. The van der Waals surface area contributed by atoms with Crippen molar-refractivity contribution in [3.05, 3.63) is 0 Å². The zero-order valence-corrected chi connectivity index (χ0v) is 10.9. The van der Waals surface area contributed by atoms with E-state index in [4.69, 9.17) is 0 Å². The lowest BCUT2D eigenvalue weighted by molar-refractivity contribution is -0.159. The third-order valence-electron chi connectivity index (χ3n) is 2.88. The number of rotatable bonds is 1. The number of aliphatic carboxylic acids is 1. The smallest absolute Gasteiger partial charge is 0.322 e. The van der Waals surface area contributed by atoms with E-state index in [1.54, 1.807) is 6.92 Å². The van der Waals surface area contributed by atoms with Gasteiger partial charge in [0.05, 0.1) is 0 Å². The van der Waals surface area contributed by atoms with Gasteiger partial charge in [0.15, 0.2) is 0 Å². The van der Waals surface area contributed by atoms with Gasteiger partial charge in [-0.15, -0.1) is 5.92 Å². The van der Waals surface area contributed by atoms with Crippen molar-refractivity contribution in [2.75, 3.05) is 0 Å². The summed E-state index contributed by atoms with van der Waals surface area (Å²) in [6.07, 6.45) is 0. The SMILES string of the molecule is CC#CC(C(=O)O)(C(C)(C)C)C(C)(C)C. The maximum absolute atomic E-state index is 11.6. The summed E-state index contributed by atoms with van der Waals surface area (Å²) < 4.78 is 0. The van der Waals surface area contributed by atoms with Crippen LogP contribution < -0.4 is 0 Å². The molecule has 0 heterocycles. The van der Waals surface area contributed by atoms with Gasteiger partial charge in [-0.3, -0.25) is 4.79 Å². The molecule has 15 heavy (non-hydrogen) atoms. The van der Waals surface area contributed by atoms with Crippen LogP contribution >= 0.6 is 0 Å². The Morgan fingerprint density at radius 3 is 1.40 bits per heavy atom. The molecule has 0 aromatic heterocycles. The fraction of sp³-hybridized carbons (Fsp3) is 0.769. The van der Waals surface area contributed by atoms with Crippen LogP contribution in [0.3, 0.4) is 0 Å². The maximum atomic E-state index is 11.6. The van der Waals surface area contributed by atoms with Gasteiger partial charge in [0.2, 0.25) is 0 Å². The lowest BCUT2D eigenvalue weighted by atomic mass is 9.54. The van der Waals surface area contributed by atoms with Crippen LogP contribution in [0.2, 0.25) is 0 Å². The van der Waals surface area contributed by atoms with Gasteiger partial charge < -0.3 is 5.11 Å². The molecule has 0 rings (SSSR count). The number of hydrogen-bond donors (Lipinski definition) is 1. The van der Waals surface area contributed by atoms with E-state index in [1.165, 1.54) is 0 Å². The molecule has 86 valence electrons. The van der Waals surface area contributed by atoms with Gasteiger partial charge in [0.1, 0.15) is 5.41 Å². The summed E-state index contributed by atoms with van der Waals surface area (Å²) in [5, 5.41) is 9.52. The summed E-state index contributed by atoms with van der Waals surface area (Å²) in [6.45, 7) is 13.3. The van der Waals surface area contributed by atoms with Crippen LogP contribution in [0, 0.1) is 28.1 Å². The predicted octanol–water partition coefficient (Wildman–Crippen LogP) is 3.17. The fourth-order valence-corrected chi connectivity index (χ4v) is 2.38. The van der Waals surface area contributed by atoms with Crippen molar-refractivity contribution >= 4 is 5.97 Å². The Hall–Kier alpha value is -0.970. The minimum absolute atomic E-state index is 0.403. The third kappa shape index (κ3) is 2.17. The van der Waals surface area contributed by atoms with E-state index in [-0.39, 0.29) is 0 Å². The van der Waals surface area contributed by atoms with Crippen molar-refractivity contribution in [3.8, 4) is 11.8 Å². The zero-order chi connectivity index (χ0) is 12.5. The molecule has 0 atom stereocenters. The second-order valence-corrected chi connectivity index (χ2v) is 5.93. The third-order valence-corrected chi connectivity index (χ3v) is 2.88. The largest absolute Gasteiger partial charge is 0.480 e. The molecule has 0 aliphatic heterocycles. The normalized spacial score (nSPS) is 13.0. The molecule has 0 aliphatic carbocycles. The van der Waals surface area contributed by atoms with Gasteiger partial charge in [0.25, 0.3) is 0 Å². The first kappa shape index (κ1) is 14.0. The minimum Gasteiger partial charge on any atom is -0.480 e. The van der Waals surface area contributed by atoms with Crippen LogP contribution in [-0.2, 0) is 4.79 Å². The predicted molar refractivity (Wildman–Crippen MR) is 62.4 cm³/mol. The van der Waals surface area contributed by atoms with Crippen LogP contribution in [-0.4, -0.2) is 11.1 Å². The number of carbonyl (C=O) groups is 1. The van der Waals surface area contributed by atoms with Gasteiger partial charge in [0, 0.05) is 0 Å². The second kappa shape index (κ2) is 3.89. The molecule has 2 heteroatoms. The van der Waals surface area contributed by atoms with Crippen LogP contribution in [0.15, 0.2) is 0 Å². The van der Waals surface area contributed by atoms with E-state index in [0.29, 0.717) is 0 Å². The molecular weight excluding hydrogens is 188 g/mol.